The molecule has 0 amide bonds. The van der Waals surface area contributed by atoms with Crippen LogP contribution in [0, 0.1) is 0 Å². The molecular weight excluding hydrogens is 1040 g/mol. The lowest BCUT2D eigenvalue weighted by Gasteiger charge is -2.33. The van der Waals surface area contributed by atoms with E-state index in [1.807, 2.05) is 22.7 Å². The molecule has 0 radical (unpaired) electrons. The van der Waals surface area contributed by atoms with Crippen molar-refractivity contribution in [3.05, 3.63) is 322 Å². The number of nitrogens with zero attached hydrogens (tertiary/aromatic N) is 3. The Bertz CT molecular complexity index is 4450. The molecule has 0 unspecified atom stereocenters. The Kier molecular flexibility index (Phi) is 13.0. The van der Waals surface area contributed by atoms with Gasteiger partial charge in [0.05, 0.1) is 17.1 Å². The van der Waals surface area contributed by atoms with E-state index in [0.29, 0.717) is 0 Å². The number of thiophene rings is 2. The minimum absolute atomic E-state index is 1.00. The van der Waals surface area contributed by atoms with E-state index >= 15 is 0 Å². The summed E-state index contributed by atoms with van der Waals surface area (Å²) in [6.07, 6.45) is 0. The average Bonchev–Trinajstić information content (AvgIpc) is 4.36. The van der Waals surface area contributed by atoms with E-state index in [9.17, 15) is 0 Å². The molecule has 15 rings (SSSR count). The van der Waals surface area contributed by atoms with E-state index in [-0.39, 0.29) is 0 Å². The molecule has 0 aliphatic heterocycles. The molecule has 0 bridgehead atoms. The minimum Gasteiger partial charge on any atom is -0.310 e. The number of hydrogen-bond donors (Lipinski definition) is 0. The summed E-state index contributed by atoms with van der Waals surface area (Å²) in [5.74, 6) is 0. The van der Waals surface area contributed by atoms with Crippen LogP contribution in [0.4, 0.5) is 51.2 Å². The lowest BCUT2D eigenvalue weighted by molar-refractivity contribution is 1.22. The van der Waals surface area contributed by atoms with Crippen molar-refractivity contribution in [1.82, 2.24) is 0 Å². The highest BCUT2D eigenvalue weighted by Gasteiger charge is 2.23. The Morgan fingerprint density at radius 1 is 0.157 bits per heavy atom. The zero-order valence-corrected chi connectivity index (χ0v) is 46.9. The Hall–Kier alpha value is -10.3. The van der Waals surface area contributed by atoms with Gasteiger partial charge in [0.1, 0.15) is 0 Å². The minimum atomic E-state index is 1.00. The predicted octanol–water partition coefficient (Wildman–Crippen LogP) is 23.5. The molecule has 83 heavy (non-hydrogen) atoms. The molecule has 0 saturated heterocycles. The van der Waals surface area contributed by atoms with Gasteiger partial charge in [-0.05, 0) is 172 Å². The first-order chi connectivity index (χ1) is 41.1. The van der Waals surface area contributed by atoms with E-state index in [0.717, 1.165) is 62.3 Å². The van der Waals surface area contributed by atoms with Crippen molar-refractivity contribution in [2.45, 2.75) is 0 Å². The highest BCUT2D eigenvalue weighted by molar-refractivity contribution is 7.26. The number of anilines is 9. The van der Waals surface area contributed by atoms with Gasteiger partial charge in [0.15, 0.2) is 0 Å². The number of para-hydroxylation sites is 2. The molecule has 15 aromatic rings. The Labute approximate surface area is 491 Å². The monoisotopic (exact) mass is 1100 g/mol. The quantitative estimate of drug-likeness (QED) is 0.114. The second-order valence-corrected chi connectivity index (χ2v) is 23.1. The van der Waals surface area contributed by atoms with Crippen LogP contribution in [0.25, 0.3) is 84.9 Å². The first-order valence-corrected chi connectivity index (χ1v) is 29.8. The predicted molar refractivity (Wildman–Crippen MR) is 358 cm³/mol. The number of rotatable bonds is 13. The molecule has 392 valence electrons. The number of benzene rings is 13. The summed E-state index contributed by atoms with van der Waals surface area (Å²) in [6, 6.07) is 117. The van der Waals surface area contributed by atoms with Crippen LogP contribution < -0.4 is 14.7 Å². The van der Waals surface area contributed by atoms with Gasteiger partial charge < -0.3 is 14.7 Å². The summed E-state index contributed by atoms with van der Waals surface area (Å²) in [5.41, 5.74) is 18.7. The maximum absolute atomic E-state index is 2.41. The van der Waals surface area contributed by atoms with Gasteiger partial charge in [-0.3, -0.25) is 0 Å². The summed E-state index contributed by atoms with van der Waals surface area (Å²) in [5, 5.41) is 5.19. The van der Waals surface area contributed by atoms with Crippen molar-refractivity contribution in [1.29, 1.82) is 0 Å². The number of fused-ring (bicyclic) bond motifs is 6. The fourth-order valence-electron chi connectivity index (χ4n) is 11.7. The van der Waals surface area contributed by atoms with E-state index in [4.69, 9.17) is 0 Å². The van der Waals surface area contributed by atoms with E-state index in [1.165, 1.54) is 73.7 Å². The summed E-state index contributed by atoms with van der Waals surface area (Å²) < 4.78 is 5.23. The first-order valence-electron chi connectivity index (χ1n) is 28.1. The van der Waals surface area contributed by atoms with Gasteiger partial charge in [-0.1, -0.05) is 194 Å². The molecule has 0 N–H and O–H groups in total. The summed E-state index contributed by atoms with van der Waals surface area (Å²) in [7, 11) is 0. The molecule has 0 aliphatic rings. The third-order valence-electron chi connectivity index (χ3n) is 15.8. The normalized spacial score (nSPS) is 11.4. The maximum atomic E-state index is 2.41. The topological polar surface area (TPSA) is 9.72 Å². The molecule has 0 fully saturated rings. The molecule has 0 spiro atoms. The molecule has 5 heteroatoms. The van der Waals surface area contributed by atoms with Crippen molar-refractivity contribution in [2.75, 3.05) is 14.7 Å². The molecule has 0 atom stereocenters. The second-order valence-electron chi connectivity index (χ2n) is 20.9. The van der Waals surface area contributed by atoms with Crippen molar-refractivity contribution in [2.24, 2.45) is 0 Å². The lowest BCUT2D eigenvalue weighted by atomic mass is 10.0. The van der Waals surface area contributed by atoms with Crippen molar-refractivity contribution < 1.29 is 0 Å². The maximum Gasteiger partial charge on any atom is 0.0503 e. The number of hydrogen-bond acceptors (Lipinski definition) is 5. The van der Waals surface area contributed by atoms with Crippen LogP contribution in [-0.4, -0.2) is 0 Å². The summed E-state index contributed by atoms with van der Waals surface area (Å²) in [6.45, 7) is 0. The third-order valence-corrected chi connectivity index (χ3v) is 18.1. The van der Waals surface area contributed by atoms with Crippen molar-refractivity contribution >= 4 is 114 Å². The Balaban J connectivity index is 0.914. The van der Waals surface area contributed by atoms with Gasteiger partial charge in [0.25, 0.3) is 0 Å². The van der Waals surface area contributed by atoms with Gasteiger partial charge in [0, 0.05) is 74.5 Å². The molecule has 13 aromatic carbocycles. The highest BCUT2D eigenvalue weighted by atomic mass is 32.1. The van der Waals surface area contributed by atoms with E-state index in [2.05, 4.69) is 336 Å². The molecular formula is C78H53N3S2. The van der Waals surface area contributed by atoms with Crippen LogP contribution in [0.5, 0.6) is 0 Å². The van der Waals surface area contributed by atoms with Gasteiger partial charge in [-0.25, -0.2) is 0 Å². The zero-order chi connectivity index (χ0) is 55.1. The fourth-order valence-corrected chi connectivity index (χ4v) is 13.9. The van der Waals surface area contributed by atoms with Crippen LogP contribution in [0.2, 0.25) is 0 Å². The molecule has 0 saturated carbocycles. The van der Waals surface area contributed by atoms with E-state index < -0.39 is 0 Å². The van der Waals surface area contributed by atoms with Gasteiger partial charge in [-0.2, -0.15) is 0 Å². The van der Waals surface area contributed by atoms with Crippen LogP contribution in [-0.2, 0) is 0 Å². The van der Waals surface area contributed by atoms with Gasteiger partial charge in [-0.15, -0.1) is 22.7 Å². The van der Waals surface area contributed by atoms with Crippen LogP contribution in [0.3, 0.4) is 0 Å². The largest absolute Gasteiger partial charge is 0.310 e. The van der Waals surface area contributed by atoms with Crippen molar-refractivity contribution in [3.8, 4) is 44.5 Å². The zero-order valence-electron chi connectivity index (χ0n) is 45.3. The SMILES string of the molecule is c1ccc(-c2ccc(N(c3ccc(-c4ccccc4)cc3)c3cc(N(c4ccccc4)c4ccc(-c5ccc6sc7ccccc7c6c5)cc4)cc(N(c4ccccc4)c4ccc(-c5ccc6sc7ccccc7c6c5)cc4)c3)cc2)cc1. The van der Waals surface area contributed by atoms with Gasteiger partial charge in [0.2, 0.25) is 0 Å². The molecule has 3 nitrogen and oxygen atoms in total. The molecule has 0 aliphatic carbocycles. The van der Waals surface area contributed by atoms with E-state index in [1.54, 1.807) is 0 Å². The van der Waals surface area contributed by atoms with Crippen LogP contribution in [0.1, 0.15) is 0 Å². The Morgan fingerprint density at radius 3 is 0.735 bits per heavy atom. The Morgan fingerprint density at radius 2 is 0.398 bits per heavy atom. The third kappa shape index (κ3) is 9.68. The second kappa shape index (κ2) is 21.6. The lowest BCUT2D eigenvalue weighted by Crippen LogP contribution is -2.16. The first kappa shape index (κ1) is 49.7. The highest BCUT2D eigenvalue weighted by Crippen LogP contribution is 2.48. The standard InChI is InChI=1S/C78H53N3S2/c1-5-17-54(18-6-1)56-29-39-66(40-30-56)81(67-41-31-57(32-42-67)55-19-7-2-8-20-55)70-52-68(79(62-21-9-3-10-22-62)64-43-33-58(34-44-64)60-37-47-77-73(49-60)71-25-13-15-27-75(71)82-77)51-69(53-70)80(63-23-11-4-12-24-63)65-45-35-59(36-46-65)61-38-48-78-74(50-61)72-26-14-16-28-76(72)83-78/h1-53H. The summed E-state index contributed by atoms with van der Waals surface area (Å²) >= 11 is 3.71. The van der Waals surface area contributed by atoms with Crippen LogP contribution >= 0.6 is 22.7 Å². The summed E-state index contributed by atoms with van der Waals surface area (Å²) in [4.78, 5) is 7.21. The van der Waals surface area contributed by atoms with Crippen LogP contribution in [0.15, 0.2) is 322 Å². The molecule has 2 aromatic heterocycles. The molecule has 2 heterocycles. The fraction of sp³-hybridized carbons (Fsp3) is 0. The average molecular weight is 1100 g/mol. The van der Waals surface area contributed by atoms with Crippen molar-refractivity contribution in [3.63, 3.8) is 0 Å². The smallest absolute Gasteiger partial charge is 0.0503 e. The van der Waals surface area contributed by atoms with Gasteiger partial charge >= 0.3 is 0 Å².